The molecule has 0 saturated heterocycles. The molecule has 2 N–H and O–H groups in total. The van der Waals surface area contributed by atoms with Gasteiger partial charge in [-0.2, -0.15) is 0 Å². The van der Waals surface area contributed by atoms with E-state index in [4.69, 9.17) is 14.7 Å². The van der Waals surface area contributed by atoms with Gasteiger partial charge in [0.2, 0.25) is 5.88 Å². The maximum absolute atomic E-state index is 5.87. The summed E-state index contributed by atoms with van der Waals surface area (Å²) >= 11 is 0. The van der Waals surface area contributed by atoms with Crippen LogP contribution in [-0.4, -0.2) is 5.16 Å². The average Bonchev–Trinajstić information content (AvgIpc) is 2.96. The highest BCUT2D eigenvalue weighted by molar-refractivity contribution is 5.87. The molecule has 2 aromatic heterocycles. The second kappa shape index (κ2) is 4.07. The lowest BCUT2D eigenvalue weighted by molar-refractivity contribution is 0.439. The lowest BCUT2D eigenvalue weighted by Crippen LogP contribution is -1.87. The molecule has 0 bridgehead atoms. The Morgan fingerprint density at radius 2 is 1.89 bits per heavy atom. The first-order valence-corrected chi connectivity index (χ1v) is 5.62. The lowest BCUT2D eigenvalue weighted by atomic mass is 10.0. The van der Waals surface area contributed by atoms with Crippen LogP contribution in [-0.2, 0) is 0 Å². The second-order valence-electron chi connectivity index (χ2n) is 4.03. The first-order valence-electron chi connectivity index (χ1n) is 5.62. The van der Waals surface area contributed by atoms with Crippen molar-refractivity contribution in [2.75, 3.05) is 5.73 Å². The fourth-order valence-corrected chi connectivity index (χ4v) is 2.00. The molecule has 3 rings (SSSR count). The standard InChI is InChI=1S/C14H12N2O2/c1-9-11(7-8-17-9)13-12(14(15)18-16-13)10-5-3-2-4-6-10/h2-8H,15H2,1H3. The van der Waals surface area contributed by atoms with E-state index in [2.05, 4.69) is 5.16 Å². The Hall–Kier alpha value is -2.49. The number of rotatable bonds is 2. The van der Waals surface area contributed by atoms with Gasteiger partial charge in [-0.25, -0.2) is 0 Å². The highest BCUT2D eigenvalue weighted by Gasteiger charge is 2.19. The van der Waals surface area contributed by atoms with Gasteiger partial charge < -0.3 is 14.7 Å². The van der Waals surface area contributed by atoms with Gasteiger partial charge in [-0.3, -0.25) is 0 Å². The predicted molar refractivity (Wildman–Crippen MR) is 68.8 cm³/mol. The molecular weight excluding hydrogens is 228 g/mol. The largest absolute Gasteiger partial charge is 0.469 e. The molecule has 0 spiro atoms. The number of nitrogen functional groups attached to an aromatic ring is 1. The summed E-state index contributed by atoms with van der Waals surface area (Å²) in [5.74, 6) is 1.11. The van der Waals surface area contributed by atoms with Gasteiger partial charge >= 0.3 is 0 Å². The lowest BCUT2D eigenvalue weighted by Gasteiger charge is -2.01. The number of aryl methyl sites for hydroxylation is 1. The van der Waals surface area contributed by atoms with Crippen molar-refractivity contribution in [3.05, 3.63) is 48.4 Å². The monoisotopic (exact) mass is 240 g/mol. The smallest absolute Gasteiger partial charge is 0.230 e. The van der Waals surface area contributed by atoms with Crippen LogP contribution in [0.2, 0.25) is 0 Å². The van der Waals surface area contributed by atoms with Crippen LogP contribution in [0.25, 0.3) is 22.4 Å². The Bertz CT molecular complexity index is 668. The van der Waals surface area contributed by atoms with Gasteiger partial charge in [-0.1, -0.05) is 35.5 Å². The summed E-state index contributed by atoms with van der Waals surface area (Å²) in [4.78, 5) is 0. The van der Waals surface area contributed by atoms with E-state index >= 15 is 0 Å². The van der Waals surface area contributed by atoms with Gasteiger partial charge in [-0.15, -0.1) is 0 Å². The number of nitrogens with zero attached hydrogens (tertiary/aromatic N) is 1. The van der Waals surface area contributed by atoms with Crippen LogP contribution >= 0.6 is 0 Å². The number of nitrogens with two attached hydrogens (primary N) is 1. The third kappa shape index (κ3) is 1.59. The summed E-state index contributed by atoms with van der Waals surface area (Å²) < 4.78 is 10.4. The maximum atomic E-state index is 5.87. The Morgan fingerprint density at radius 1 is 1.11 bits per heavy atom. The molecule has 4 nitrogen and oxygen atoms in total. The highest BCUT2D eigenvalue weighted by atomic mass is 16.5. The van der Waals surface area contributed by atoms with Crippen LogP contribution in [0.3, 0.4) is 0 Å². The van der Waals surface area contributed by atoms with Crippen molar-refractivity contribution in [1.29, 1.82) is 0 Å². The predicted octanol–water partition coefficient (Wildman–Crippen LogP) is 3.49. The quantitative estimate of drug-likeness (QED) is 0.744. The maximum Gasteiger partial charge on any atom is 0.230 e. The number of aromatic nitrogens is 1. The first kappa shape index (κ1) is 10.7. The van der Waals surface area contributed by atoms with Crippen molar-refractivity contribution >= 4 is 5.88 Å². The summed E-state index contributed by atoms with van der Waals surface area (Å²) in [6, 6.07) is 11.7. The molecule has 0 fully saturated rings. The topological polar surface area (TPSA) is 65.2 Å². The van der Waals surface area contributed by atoms with Crippen LogP contribution in [0, 0.1) is 6.92 Å². The minimum atomic E-state index is 0.316. The minimum Gasteiger partial charge on any atom is -0.469 e. The van der Waals surface area contributed by atoms with E-state index < -0.39 is 0 Å². The van der Waals surface area contributed by atoms with Gasteiger partial charge in [0.25, 0.3) is 0 Å². The number of anilines is 1. The summed E-state index contributed by atoms with van der Waals surface area (Å²) in [5.41, 5.74) is 9.26. The normalized spacial score (nSPS) is 10.7. The molecule has 0 aliphatic carbocycles. The van der Waals surface area contributed by atoms with Crippen LogP contribution in [0.5, 0.6) is 0 Å². The number of benzene rings is 1. The summed E-state index contributed by atoms with van der Waals surface area (Å²) in [5, 5.41) is 4.04. The molecule has 18 heavy (non-hydrogen) atoms. The SMILES string of the molecule is Cc1occc1-c1noc(N)c1-c1ccccc1. The zero-order valence-corrected chi connectivity index (χ0v) is 9.88. The van der Waals surface area contributed by atoms with E-state index in [0.717, 1.165) is 22.5 Å². The third-order valence-electron chi connectivity index (χ3n) is 2.89. The van der Waals surface area contributed by atoms with Crippen LogP contribution in [0.1, 0.15) is 5.76 Å². The number of hydrogen-bond donors (Lipinski definition) is 1. The van der Waals surface area contributed by atoms with Crippen LogP contribution < -0.4 is 5.73 Å². The second-order valence-corrected chi connectivity index (χ2v) is 4.03. The molecule has 0 aliphatic rings. The number of furan rings is 1. The van der Waals surface area contributed by atoms with Crippen LogP contribution in [0.4, 0.5) is 5.88 Å². The van der Waals surface area contributed by atoms with Gasteiger partial charge in [0.05, 0.1) is 11.8 Å². The molecule has 0 aliphatic heterocycles. The fraction of sp³-hybridized carbons (Fsp3) is 0.0714. The van der Waals surface area contributed by atoms with E-state index in [1.54, 1.807) is 6.26 Å². The van der Waals surface area contributed by atoms with E-state index in [0.29, 0.717) is 11.6 Å². The van der Waals surface area contributed by atoms with E-state index in [1.165, 1.54) is 0 Å². The van der Waals surface area contributed by atoms with Gasteiger partial charge in [0.1, 0.15) is 11.5 Å². The Kier molecular flexibility index (Phi) is 2.41. The molecule has 0 saturated carbocycles. The third-order valence-corrected chi connectivity index (χ3v) is 2.89. The highest BCUT2D eigenvalue weighted by Crippen LogP contribution is 2.37. The van der Waals surface area contributed by atoms with Crippen molar-refractivity contribution in [2.45, 2.75) is 6.92 Å². The molecule has 0 atom stereocenters. The molecule has 0 amide bonds. The molecule has 0 radical (unpaired) electrons. The van der Waals surface area contributed by atoms with Gasteiger partial charge in [0, 0.05) is 5.56 Å². The van der Waals surface area contributed by atoms with Crippen molar-refractivity contribution < 1.29 is 8.94 Å². The molecule has 1 aromatic carbocycles. The van der Waals surface area contributed by atoms with E-state index in [1.807, 2.05) is 43.3 Å². The van der Waals surface area contributed by atoms with Gasteiger partial charge in [-0.05, 0) is 18.6 Å². The molecule has 4 heteroatoms. The molecular formula is C14H12N2O2. The van der Waals surface area contributed by atoms with Crippen molar-refractivity contribution in [2.24, 2.45) is 0 Å². The summed E-state index contributed by atoms with van der Waals surface area (Å²) in [7, 11) is 0. The summed E-state index contributed by atoms with van der Waals surface area (Å²) in [6.07, 6.45) is 1.63. The average molecular weight is 240 g/mol. The zero-order valence-electron chi connectivity index (χ0n) is 9.88. The Labute approximate surface area is 104 Å². The molecule has 2 heterocycles. The Morgan fingerprint density at radius 3 is 2.56 bits per heavy atom. The Balaban J connectivity index is 2.22. The van der Waals surface area contributed by atoms with Gasteiger partial charge in [0.15, 0.2) is 0 Å². The van der Waals surface area contributed by atoms with E-state index in [9.17, 15) is 0 Å². The fourth-order valence-electron chi connectivity index (χ4n) is 2.00. The van der Waals surface area contributed by atoms with Crippen LogP contribution in [0.15, 0.2) is 51.6 Å². The molecule has 90 valence electrons. The minimum absolute atomic E-state index is 0.316. The van der Waals surface area contributed by atoms with Crippen molar-refractivity contribution in [1.82, 2.24) is 5.16 Å². The molecule has 0 unspecified atom stereocenters. The first-order chi connectivity index (χ1) is 8.77. The zero-order chi connectivity index (χ0) is 12.5. The number of hydrogen-bond acceptors (Lipinski definition) is 4. The molecule has 3 aromatic rings. The van der Waals surface area contributed by atoms with E-state index in [-0.39, 0.29) is 0 Å². The van der Waals surface area contributed by atoms with Crippen molar-refractivity contribution in [3.63, 3.8) is 0 Å². The summed E-state index contributed by atoms with van der Waals surface area (Å²) in [6.45, 7) is 1.88. The van der Waals surface area contributed by atoms with Crippen molar-refractivity contribution in [3.8, 4) is 22.4 Å².